The van der Waals surface area contributed by atoms with Gasteiger partial charge in [-0.1, -0.05) is 0 Å². The SMILES string of the molecule is COc1ccc(NCCn2cccn2)c(N)c1. The predicted molar refractivity (Wildman–Crippen MR) is 68.1 cm³/mol. The molecule has 5 nitrogen and oxygen atoms in total. The summed E-state index contributed by atoms with van der Waals surface area (Å²) in [6, 6.07) is 7.50. The number of nitrogens with zero attached hydrogens (tertiary/aromatic N) is 2. The first-order valence-corrected chi connectivity index (χ1v) is 5.44. The molecule has 0 aliphatic rings. The summed E-state index contributed by atoms with van der Waals surface area (Å²) < 4.78 is 6.96. The Morgan fingerprint density at radius 2 is 2.35 bits per heavy atom. The van der Waals surface area contributed by atoms with Crippen LogP contribution >= 0.6 is 0 Å². The van der Waals surface area contributed by atoms with E-state index in [9.17, 15) is 0 Å². The van der Waals surface area contributed by atoms with Gasteiger partial charge in [-0.05, 0) is 18.2 Å². The molecule has 2 rings (SSSR count). The first-order chi connectivity index (χ1) is 8.29. The summed E-state index contributed by atoms with van der Waals surface area (Å²) in [5.74, 6) is 0.764. The molecule has 0 aliphatic carbocycles. The summed E-state index contributed by atoms with van der Waals surface area (Å²) in [5.41, 5.74) is 7.49. The molecule has 0 radical (unpaired) electrons. The maximum Gasteiger partial charge on any atom is 0.121 e. The third-order valence-electron chi connectivity index (χ3n) is 2.47. The van der Waals surface area contributed by atoms with Crippen molar-refractivity contribution in [1.82, 2.24) is 9.78 Å². The number of aromatic nitrogens is 2. The van der Waals surface area contributed by atoms with E-state index in [1.54, 1.807) is 19.4 Å². The van der Waals surface area contributed by atoms with Gasteiger partial charge in [-0.25, -0.2) is 0 Å². The van der Waals surface area contributed by atoms with E-state index in [4.69, 9.17) is 10.5 Å². The van der Waals surface area contributed by atoms with Gasteiger partial charge in [0.05, 0.1) is 25.0 Å². The van der Waals surface area contributed by atoms with Crippen LogP contribution in [0.15, 0.2) is 36.7 Å². The summed E-state index contributed by atoms with van der Waals surface area (Å²) in [5, 5.41) is 7.38. The Bertz CT molecular complexity index is 467. The van der Waals surface area contributed by atoms with Gasteiger partial charge in [0.1, 0.15) is 5.75 Å². The van der Waals surface area contributed by atoms with Crippen LogP contribution in [0, 0.1) is 0 Å². The van der Waals surface area contributed by atoms with E-state index in [2.05, 4.69) is 10.4 Å². The standard InChI is InChI=1S/C12H16N4O/c1-17-10-3-4-12(11(13)9-10)14-6-8-16-7-2-5-15-16/h2-5,7,9,14H,6,8,13H2,1H3. The minimum absolute atomic E-state index is 0.685. The van der Waals surface area contributed by atoms with E-state index in [0.29, 0.717) is 5.69 Å². The molecule has 17 heavy (non-hydrogen) atoms. The van der Waals surface area contributed by atoms with E-state index in [-0.39, 0.29) is 0 Å². The zero-order chi connectivity index (χ0) is 12.1. The van der Waals surface area contributed by atoms with Crippen molar-refractivity contribution >= 4 is 11.4 Å². The lowest BCUT2D eigenvalue weighted by Gasteiger charge is -2.10. The van der Waals surface area contributed by atoms with Crippen LogP contribution in [0.2, 0.25) is 0 Å². The summed E-state index contributed by atoms with van der Waals surface area (Å²) in [7, 11) is 1.62. The predicted octanol–water partition coefficient (Wildman–Crippen LogP) is 1.59. The fourth-order valence-electron chi connectivity index (χ4n) is 1.57. The van der Waals surface area contributed by atoms with Gasteiger partial charge in [-0.3, -0.25) is 4.68 Å². The fourth-order valence-corrected chi connectivity index (χ4v) is 1.57. The first kappa shape index (κ1) is 11.3. The van der Waals surface area contributed by atoms with Gasteiger partial charge in [-0.15, -0.1) is 0 Å². The molecule has 1 aromatic carbocycles. The Balaban J connectivity index is 1.90. The zero-order valence-corrected chi connectivity index (χ0v) is 9.76. The van der Waals surface area contributed by atoms with Crippen LogP contribution < -0.4 is 15.8 Å². The molecule has 0 atom stereocenters. The Morgan fingerprint density at radius 3 is 3.00 bits per heavy atom. The van der Waals surface area contributed by atoms with Gasteiger partial charge in [0.25, 0.3) is 0 Å². The Hall–Kier alpha value is -2.17. The number of nitrogens with one attached hydrogen (secondary N) is 1. The molecule has 0 saturated carbocycles. The third-order valence-corrected chi connectivity index (χ3v) is 2.47. The number of rotatable bonds is 5. The van der Waals surface area contributed by atoms with Crippen molar-refractivity contribution < 1.29 is 4.74 Å². The molecule has 0 bridgehead atoms. The second-order valence-corrected chi connectivity index (χ2v) is 3.65. The van der Waals surface area contributed by atoms with Crippen molar-refractivity contribution in [3.8, 4) is 5.75 Å². The molecule has 0 fully saturated rings. The number of ether oxygens (including phenoxy) is 1. The Labute approximate surface area is 100 Å². The topological polar surface area (TPSA) is 65.1 Å². The number of hydrogen-bond donors (Lipinski definition) is 2. The molecule has 0 saturated heterocycles. The molecule has 0 spiro atoms. The quantitative estimate of drug-likeness (QED) is 0.768. The second-order valence-electron chi connectivity index (χ2n) is 3.65. The lowest BCUT2D eigenvalue weighted by atomic mass is 10.2. The number of methoxy groups -OCH3 is 1. The number of anilines is 2. The largest absolute Gasteiger partial charge is 0.497 e. The van der Waals surface area contributed by atoms with Crippen LogP contribution in [-0.4, -0.2) is 23.4 Å². The van der Waals surface area contributed by atoms with E-state index < -0.39 is 0 Å². The lowest BCUT2D eigenvalue weighted by molar-refractivity contribution is 0.415. The van der Waals surface area contributed by atoms with Gasteiger partial charge in [-0.2, -0.15) is 5.10 Å². The average molecular weight is 232 g/mol. The van der Waals surface area contributed by atoms with Gasteiger partial charge < -0.3 is 15.8 Å². The molecule has 0 aliphatic heterocycles. The van der Waals surface area contributed by atoms with Crippen molar-refractivity contribution in [3.63, 3.8) is 0 Å². The van der Waals surface area contributed by atoms with Crippen LogP contribution in [0.1, 0.15) is 0 Å². The highest BCUT2D eigenvalue weighted by molar-refractivity contribution is 5.68. The van der Waals surface area contributed by atoms with Crippen molar-refractivity contribution in [2.24, 2.45) is 0 Å². The smallest absolute Gasteiger partial charge is 0.121 e. The third kappa shape index (κ3) is 2.90. The second kappa shape index (κ2) is 5.25. The van der Waals surface area contributed by atoms with Gasteiger partial charge in [0, 0.05) is 25.0 Å². The van der Waals surface area contributed by atoms with Crippen LogP contribution in [0.4, 0.5) is 11.4 Å². The van der Waals surface area contributed by atoms with Gasteiger partial charge in [0.15, 0.2) is 0 Å². The van der Waals surface area contributed by atoms with Crippen molar-refractivity contribution in [2.45, 2.75) is 6.54 Å². The van der Waals surface area contributed by atoms with Gasteiger partial charge in [0.2, 0.25) is 0 Å². The highest BCUT2D eigenvalue weighted by atomic mass is 16.5. The van der Waals surface area contributed by atoms with Crippen molar-refractivity contribution in [3.05, 3.63) is 36.7 Å². The Morgan fingerprint density at radius 1 is 1.47 bits per heavy atom. The molecular formula is C12H16N4O. The number of nitrogen functional groups attached to an aromatic ring is 1. The van der Waals surface area contributed by atoms with Crippen molar-refractivity contribution in [2.75, 3.05) is 24.7 Å². The number of benzene rings is 1. The molecule has 3 N–H and O–H groups in total. The van der Waals surface area contributed by atoms with Crippen LogP contribution in [0.5, 0.6) is 5.75 Å². The van der Waals surface area contributed by atoms with Crippen LogP contribution in [0.25, 0.3) is 0 Å². The Kier molecular flexibility index (Phi) is 3.49. The van der Waals surface area contributed by atoms with E-state index >= 15 is 0 Å². The molecule has 1 heterocycles. The number of nitrogens with two attached hydrogens (primary N) is 1. The maximum absolute atomic E-state index is 5.89. The average Bonchev–Trinajstić information content (AvgIpc) is 2.84. The summed E-state index contributed by atoms with van der Waals surface area (Å²) >= 11 is 0. The summed E-state index contributed by atoms with van der Waals surface area (Å²) in [4.78, 5) is 0. The lowest BCUT2D eigenvalue weighted by Crippen LogP contribution is -2.11. The van der Waals surface area contributed by atoms with E-state index in [0.717, 1.165) is 24.5 Å². The zero-order valence-electron chi connectivity index (χ0n) is 9.76. The van der Waals surface area contributed by atoms with Crippen LogP contribution in [-0.2, 0) is 6.54 Å². The fraction of sp³-hybridized carbons (Fsp3) is 0.250. The van der Waals surface area contributed by atoms with E-state index in [1.807, 2.05) is 29.1 Å². The summed E-state index contributed by atoms with van der Waals surface area (Å²) in [6.07, 6.45) is 3.70. The van der Waals surface area contributed by atoms with Crippen molar-refractivity contribution in [1.29, 1.82) is 0 Å². The van der Waals surface area contributed by atoms with Crippen LogP contribution in [0.3, 0.4) is 0 Å². The normalized spacial score (nSPS) is 10.2. The minimum atomic E-state index is 0.685. The highest BCUT2D eigenvalue weighted by Gasteiger charge is 2.00. The molecule has 1 aromatic heterocycles. The monoisotopic (exact) mass is 232 g/mol. The van der Waals surface area contributed by atoms with Gasteiger partial charge >= 0.3 is 0 Å². The molecule has 90 valence electrons. The maximum atomic E-state index is 5.89. The van der Waals surface area contributed by atoms with E-state index in [1.165, 1.54) is 0 Å². The molecule has 5 heteroatoms. The molecule has 2 aromatic rings. The number of hydrogen-bond acceptors (Lipinski definition) is 4. The highest BCUT2D eigenvalue weighted by Crippen LogP contribution is 2.23. The molecular weight excluding hydrogens is 216 g/mol. The minimum Gasteiger partial charge on any atom is -0.497 e. The summed E-state index contributed by atoms with van der Waals surface area (Å²) in [6.45, 7) is 1.58. The first-order valence-electron chi connectivity index (χ1n) is 5.44. The molecule has 0 amide bonds. The molecule has 0 unspecified atom stereocenters.